The van der Waals surface area contributed by atoms with E-state index in [1.165, 1.54) is 12.1 Å². The van der Waals surface area contributed by atoms with Crippen LogP contribution in [0, 0.1) is 0 Å². The third kappa shape index (κ3) is 6.02. The van der Waals surface area contributed by atoms with Gasteiger partial charge in [-0.05, 0) is 47.9 Å². The zero-order valence-electron chi connectivity index (χ0n) is 17.3. The van der Waals surface area contributed by atoms with Crippen molar-refractivity contribution in [3.63, 3.8) is 0 Å². The SMILES string of the molecule is CC(NC(=O)CNC(=O)c1ccc(-c2ccccc2)cc1)c1ccc(S(C)(=O)=O)cc1. The van der Waals surface area contributed by atoms with Crippen LogP contribution in [0.1, 0.15) is 28.9 Å². The Hall–Kier alpha value is -3.45. The van der Waals surface area contributed by atoms with Gasteiger partial charge in [-0.15, -0.1) is 0 Å². The lowest BCUT2D eigenvalue weighted by molar-refractivity contribution is -0.120. The maximum atomic E-state index is 12.3. The number of hydrogen-bond donors (Lipinski definition) is 2. The van der Waals surface area contributed by atoms with Gasteiger partial charge in [-0.3, -0.25) is 9.59 Å². The third-order valence-corrected chi connectivity index (χ3v) is 5.98. The molecule has 0 heterocycles. The van der Waals surface area contributed by atoms with Crippen molar-refractivity contribution in [3.8, 4) is 11.1 Å². The zero-order valence-corrected chi connectivity index (χ0v) is 18.1. The molecule has 2 amide bonds. The van der Waals surface area contributed by atoms with Crippen LogP contribution in [0.2, 0.25) is 0 Å². The first-order valence-electron chi connectivity index (χ1n) is 9.77. The van der Waals surface area contributed by atoms with Crippen molar-refractivity contribution in [1.82, 2.24) is 10.6 Å². The van der Waals surface area contributed by atoms with Crippen LogP contribution >= 0.6 is 0 Å². The zero-order chi connectivity index (χ0) is 22.4. The van der Waals surface area contributed by atoms with Crippen molar-refractivity contribution < 1.29 is 18.0 Å². The molecule has 7 heteroatoms. The van der Waals surface area contributed by atoms with Gasteiger partial charge in [0.05, 0.1) is 17.5 Å². The van der Waals surface area contributed by atoms with Crippen LogP contribution in [0.5, 0.6) is 0 Å². The fourth-order valence-electron chi connectivity index (χ4n) is 3.09. The van der Waals surface area contributed by atoms with Gasteiger partial charge in [0.25, 0.3) is 5.91 Å². The van der Waals surface area contributed by atoms with Gasteiger partial charge in [-0.25, -0.2) is 8.42 Å². The fourth-order valence-corrected chi connectivity index (χ4v) is 3.72. The smallest absolute Gasteiger partial charge is 0.251 e. The van der Waals surface area contributed by atoms with Crippen molar-refractivity contribution >= 4 is 21.7 Å². The Balaban J connectivity index is 1.52. The third-order valence-electron chi connectivity index (χ3n) is 4.85. The Kier molecular flexibility index (Phi) is 6.87. The Morgan fingerprint density at radius 2 is 1.42 bits per heavy atom. The summed E-state index contributed by atoms with van der Waals surface area (Å²) >= 11 is 0. The first kappa shape index (κ1) is 22.2. The summed E-state index contributed by atoms with van der Waals surface area (Å²) in [5.74, 6) is -0.672. The predicted molar refractivity (Wildman–Crippen MR) is 120 cm³/mol. The molecule has 0 aliphatic rings. The first-order valence-corrected chi connectivity index (χ1v) is 11.7. The second kappa shape index (κ2) is 9.57. The van der Waals surface area contributed by atoms with Crippen LogP contribution in [0.15, 0.2) is 83.8 Å². The Labute approximate surface area is 182 Å². The van der Waals surface area contributed by atoms with E-state index in [-0.39, 0.29) is 29.3 Å². The maximum absolute atomic E-state index is 12.3. The van der Waals surface area contributed by atoms with E-state index in [9.17, 15) is 18.0 Å². The molecule has 0 fully saturated rings. The largest absolute Gasteiger partial charge is 0.348 e. The van der Waals surface area contributed by atoms with Gasteiger partial charge < -0.3 is 10.6 Å². The number of carbonyl (C=O) groups excluding carboxylic acids is 2. The summed E-state index contributed by atoms with van der Waals surface area (Å²) in [6, 6.07) is 23.0. The fraction of sp³-hybridized carbons (Fsp3) is 0.167. The molecule has 3 aromatic carbocycles. The van der Waals surface area contributed by atoms with E-state index in [1.807, 2.05) is 42.5 Å². The van der Waals surface area contributed by atoms with E-state index in [0.717, 1.165) is 22.9 Å². The molecule has 0 bridgehead atoms. The van der Waals surface area contributed by atoms with Crippen LogP contribution < -0.4 is 10.6 Å². The Morgan fingerprint density at radius 3 is 2.00 bits per heavy atom. The van der Waals surface area contributed by atoms with E-state index < -0.39 is 9.84 Å². The molecule has 0 aromatic heterocycles. The minimum Gasteiger partial charge on any atom is -0.348 e. The number of nitrogens with one attached hydrogen (secondary N) is 2. The lowest BCUT2D eigenvalue weighted by atomic mass is 10.0. The average Bonchev–Trinajstić information content (AvgIpc) is 2.77. The molecule has 160 valence electrons. The van der Waals surface area contributed by atoms with Crippen LogP contribution in [0.3, 0.4) is 0 Å². The molecule has 2 N–H and O–H groups in total. The first-order chi connectivity index (χ1) is 14.7. The van der Waals surface area contributed by atoms with E-state index in [1.54, 1.807) is 31.2 Å². The lowest BCUT2D eigenvalue weighted by Crippen LogP contribution is -2.38. The van der Waals surface area contributed by atoms with Crippen LogP contribution in [-0.2, 0) is 14.6 Å². The van der Waals surface area contributed by atoms with Crippen molar-refractivity contribution in [2.24, 2.45) is 0 Å². The second-order valence-electron chi connectivity index (χ2n) is 7.26. The van der Waals surface area contributed by atoms with Crippen LogP contribution in [-0.4, -0.2) is 33.0 Å². The Bertz CT molecular complexity index is 1160. The summed E-state index contributed by atoms with van der Waals surface area (Å²) < 4.78 is 23.1. The molecule has 0 spiro atoms. The molecular weight excluding hydrogens is 412 g/mol. The maximum Gasteiger partial charge on any atom is 0.251 e. The minimum atomic E-state index is -3.27. The van der Waals surface area contributed by atoms with Gasteiger partial charge in [0.2, 0.25) is 5.91 Å². The van der Waals surface area contributed by atoms with Gasteiger partial charge >= 0.3 is 0 Å². The molecule has 0 aliphatic carbocycles. The standard InChI is InChI=1S/C24H24N2O4S/c1-17(18-12-14-22(15-13-18)31(2,29)30)26-23(27)16-25-24(28)21-10-8-20(9-11-21)19-6-4-3-5-7-19/h3-15,17H,16H2,1-2H3,(H,25,28)(H,26,27). The summed E-state index contributed by atoms with van der Waals surface area (Å²) in [5, 5.41) is 5.40. The van der Waals surface area contributed by atoms with E-state index in [0.29, 0.717) is 5.56 Å². The van der Waals surface area contributed by atoms with Gasteiger partial charge in [-0.1, -0.05) is 54.6 Å². The molecule has 0 aliphatic heterocycles. The van der Waals surface area contributed by atoms with Gasteiger partial charge in [0.1, 0.15) is 0 Å². The number of hydrogen-bond acceptors (Lipinski definition) is 4. The molecule has 3 aromatic rings. The highest BCUT2D eigenvalue weighted by molar-refractivity contribution is 7.90. The molecule has 0 radical (unpaired) electrons. The summed E-state index contributed by atoms with van der Waals surface area (Å²) in [4.78, 5) is 24.8. The van der Waals surface area contributed by atoms with Gasteiger partial charge in [-0.2, -0.15) is 0 Å². The molecular formula is C24H24N2O4S. The lowest BCUT2D eigenvalue weighted by Gasteiger charge is -2.15. The number of benzene rings is 3. The summed E-state index contributed by atoms with van der Waals surface area (Å²) in [5.41, 5.74) is 3.30. The molecule has 1 atom stereocenters. The summed E-state index contributed by atoms with van der Waals surface area (Å²) in [6.07, 6.45) is 1.14. The van der Waals surface area contributed by atoms with E-state index >= 15 is 0 Å². The Morgan fingerprint density at radius 1 is 0.839 bits per heavy atom. The second-order valence-corrected chi connectivity index (χ2v) is 9.27. The number of amides is 2. The predicted octanol–water partition coefficient (Wildman–Crippen LogP) is 3.36. The monoisotopic (exact) mass is 436 g/mol. The molecule has 31 heavy (non-hydrogen) atoms. The van der Waals surface area contributed by atoms with Crippen molar-refractivity contribution in [3.05, 3.63) is 90.0 Å². The molecule has 0 saturated heterocycles. The average molecular weight is 437 g/mol. The highest BCUT2D eigenvalue weighted by Crippen LogP contribution is 2.19. The molecule has 1 unspecified atom stereocenters. The summed E-state index contributed by atoms with van der Waals surface area (Å²) in [7, 11) is -3.27. The van der Waals surface area contributed by atoms with Crippen molar-refractivity contribution in [2.45, 2.75) is 17.9 Å². The highest BCUT2D eigenvalue weighted by atomic mass is 32.2. The van der Waals surface area contributed by atoms with Gasteiger partial charge in [0, 0.05) is 11.8 Å². The normalized spacial score (nSPS) is 12.1. The van der Waals surface area contributed by atoms with E-state index in [2.05, 4.69) is 10.6 Å². The topological polar surface area (TPSA) is 92.3 Å². The van der Waals surface area contributed by atoms with E-state index in [4.69, 9.17) is 0 Å². The minimum absolute atomic E-state index is 0.162. The number of carbonyl (C=O) groups is 2. The quantitative estimate of drug-likeness (QED) is 0.594. The molecule has 0 saturated carbocycles. The number of rotatable bonds is 7. The summed E-state index contributed by atoms with van der Waals surface area (Å²) in [6.45, 7) is 1.63. The van der Waals surface area contributed by atoms with Crippen molar-refractivity contribution in [2.75, 3.05) is 12.8 Å². The molecule has 3 rings (SSSR count). The number of sulfone groups is 1. The van der Waals surface area contributed by atoms with Gasteiger partial charge in [0.15, 0.2) is 9.84 Å². The van der Waals surface area contributed by atoms with Crippen LogP contribution in [0.4, 0.5) is 0 Å². The van der Waals surface area contributed by atoms with Crippen LogP contribution in [0.25, 0.3) is 11.1 Å². The molecule has 6 nitrogen and oxygen atoms in total. The highest BCUT2D eigenvalue weighted by Gasteiger charge is 2.13. The van der Waals surface area contributed by atoms with Crippen molar-refractivity contribution in [1.29, 1.82) is 0 Å².